The van der Waals surface area contributed by atoms with Crippen molar-refractivity contribution in [3.05, 3.63) is 0 Å². The minimum atomic E-state index is 0.0937. The standard InChI is InChI=1S/C11H26N2O3/c1-14-6-4-5-10(12)7-13-8-11(16-3)9-15-2/h10-11,13H,4-9,12H2,1-3H3. The third-order valence-corrected chi connectivity index (χ3v) is 2.39. The first-order valence-corrected chi connectivity index (χ1v) is 5.71. The highest BCUT2D eigenvalue weighted by molar-refractivity contribution is 4.67. The Morgan fingerprint density at radius 3 is 2.44 bits per heavy atom. The summed E-state index contributed by atoms with van der Waals surface area (Å²) in [4.78, 5) is 0. The van der Waals surface area contributed by atoms with Gasteiger partial charge >= 0.3 is 0 Å². The summed E-state index contributed by atoms with van der Waals surface area (Å²) in [5.74, 6) is 0. The Bertz CT molecular complexity index is 147. The molecule has 2 unspecified atom stereocenters. The Balaban J connectivity index is 3.40. The van der Waals surface area contributed by atoms with E-state index in [2.05, 4.69) is 5.32 Å². The van der Waals surface area contributed by atoms with E-state index in [0.29, 0.717) is 6.61 Å². The van der Waals surface area contributed by atoms with Gasteiger partial charge in [0.1, 0.15) is 0 Å². The van der Waals surface area contributed by atoms with Gasteiger partial charge in [0.2, 0.25) is 0 Å². The van der Waals surface area contributed by atoms with Crippen LogP contribution in [0.1, 0.15) is 12.8 Å². The van der Waals surface area contributed by atoms with Crippen molar-refractivity contribution in [1.29, 1.82) is 0 Å². The molecule has 0 rings (SSSR count). The first-order valence-electron chi connectivity index (χ1n) is 5.71. The second kappa shape index (κ2) is 11.3. The number of ether oxygens (including phenoxy) is 3. The summed E-state index contributed by atoms with van der Waals surface area (Å²) >= 11 is 0. The fourth-order valence-electron chi connectivity index (χ4n) is 1.42. The van der Waals surface area contributed by atoms with Gasteiger partial charge in [-0.05, 0) is 12.8 Å². The third kappa shape index (κ3) is 9.06. The molecule has 2 atom stereocenters. The van der Waals surface area contributed by atoms with Gasteiger partial charge in [-0.2, -0.15) is 0 Å². The zero-order chi connectivity index (χ0) is 12.2. The van der Waals surface area contributed by atoms with E-state index in [1.165, 1.54) is 0 Å². The molecule has 16 heavy (non-hydrogen) atoms. The third-order valence-electron chi connectivity index (χ3n) is 2.39. The van der Waals surface area contributed by atoms with E-state index in [4.69, 9.17) is 19.9 Å². The predicted molar refractivity (Wildman–Crippen MR) is 64.6 cm³/mol. The molecule has 0 bridgehead atoms. The van der Waals surface area contributed by atoms with Crippen LogP contribution in [0.3, 0.4) is 0 Å². The second-order valence-corrected chi connectivity index (χ2v) is 3.87. The maximum Gasteiger partial charge on any atom is 0.0928 e. The minimum absolute atomic E-state index is 0.0937. The largest absolute Gasteiger partial charge is 0.385 e. The number of rotatable bonds is 11. The fourth-order valence-corrected chi connectivity index (χ4v) is 1.42. The summed E-state index contributed by atoms with van der Waals surface area (Å²) in [6.45, 7) is 2.94. The van der Waals surface area contributed by atoms with Gasteiger partial charge in [0.15, 0.2) is 0 Å². The molecule has 0 aromatic rings. The summed E-state index contributed by atoms with van der Waals surface area (Å²) in [7, 11) is 5.06. The van der Waals surface area contributed by atoms with Crippen LogP contribution in [0, 0.1) is 0 Å². The second-order valence-electron chi connectivity index (χ2n) is 3.87. The van der Waals surface area contributed by atoms with E-state index in [1.807, 2.05) is 0 Å². The first-order chi connectivity index (χ1) is 7.74. The average molecular weight is 234 g/mol. The molecular weight excluding hydrogens is 208 g/mol. The molecule has 5 heteroatoms. The highest BCUT2D eigenvalue weighted by Crippen LogP contribution is 1.94. The van der Waals surface area contributed by atoms with Crippen LogP contribution >= 0.6 is 0 Å². The minimum Gasteiger partial charge on any atom is -0.385 e. The molecule has 0 aliphatic heterocycles. The summed E-state index contributed by atoms with van der Waals surface area (Å²) in [5, 5.41) is 3.28. The summed E-state index contributed by atoms with van der Waals surface area (Å²) in [6, 6.07) is 0.176. The number of nitrogens with one attached hydrogen (secondary N) is 1. The van der Waals surface area contributed by atoms with Crippen molar-refractivity contribution >= 4 is 0 Å². The van der Waals surface area contributed by atoms with Gasteiger partial charge in [0, 0.05) is 47.1 Å². The Labute approximate surface area is 98.6 Å². The van der Waals surface area contributed by atoms with Crippen molar-refractivity contribution in [2.75, 3.05) is 47.6 Å². The molecule has 0 saturated carbocycles. The lowest BCUT2D eigenvalue weighted by Gasteiger charge is -2.17. The Morgan fingerprint density at radius 1 is 1.12 bits per heavy atom. The van der Waals surface area contributed by atoms with Crippen molar-refractivity contribution in [2.45, 2.75) is 25.0 Å². The average Bonchev–Trinajstić information content (AvgIpc) is 2.28. The molecule has 0 aliphatic carbocycles. The van der Waals surface area contributed by atoms with E-state index in [9.17, 15) is 0 Å². The molecular formula is C11H26N2O3. The summed E-state index contributed by atoms with van der Waals surface area (Å²) in [6.07, 6.45) is 2.07. The van der Waals surface area contributed by atoms with Crippen LogP contribution in [-0.4, -0.2) is 59.8 Å². The van der Waals surface area contributed by atoms with Gasteiger partial charge in [-0.15, -0.1) is 0 Å². The van der Waals surface area contributed by atoms with Crippen molar-refractivity contribution in [3.8, 4) is 0 Å². The van der Waals surface area contributed by atoms with Crippen LogP contribution in [0.5, 0.6) is 0 Å². The van der Waals surface area contributed by atoms with Gasteiger partial charge in [-0.1, -0.05) is 0 Å². The molecule has 0 heterocycles. The van der Waals surface area contributed by atoms with E-state index >= 15 is 0 Å². The Kier molecular flexibility index (Phi) is 11.1. The topological polar surface area (TPSA) is 65.7 Å². The number of hydrogen-bond acceptors (Lipinski definition) is 5. The maximum absolute atomic E-state index is 5.93. The van der Waals surface area contributed by atoms with Gasteiger partial charge in [0.25, 0.3) is 0 Å². The van der Waals surface area contributed by atoms with E-state index in [0.717, 1.165) is 32.5 Å². The van der Waals surface area contributed by atoms with E-state index < -0.39 is 0 Å². The maximum atomic E-state index is 5.93. The van der Waals surface area contributed by atoms with Gasteiger partial charge in [0.05, 0.1) is 12.7 Å². The lowest BCUT2D eigenvalue weighted by Crippen LogP contribution is -2.39. The predicted octanol–water partition coefficient (Wildman–Crippen LogP) is -0.00870. The SMILES string of the molecule is COCCCC(N)CNCC(COC)OC. The normalized spacial score (nSPS) is 15.0. The fraction of sp³-hybridized carbons (Fsp3) is 1.00. The lowest BCUT2D eigenvalue weighted by molar-refractivity contribution is 0.0288. The Hall–Kier alpha value is -0.200. The molecule has 0 aromatic carbocycles. The summed E-state index contributed by atoms with van der Waals surface area (Å²) < 4.78 is 15.2. The lowest BCUT2D eigenvalue weighted by atomic mass is 10.2. The molecule has 0 aliphatic rings. The van der Waals surface area contributed by atoms with Crippen LogP contribution in [0.15, 0.2) is 0 Å². The molecule has 0 spiro atoms. The Morgan fingerprint density at radius 2 is 1.88 bits per heavy atom. The van der Waals surface area contributed by atoms with Crippen LogP contribution < -0.4 is 11.1 Å². The molecule has 0 saturated heterocycles. The highest BCUT2D eigenvalue weighted by atomic mass is 16.5. The van der Waals surface area contributed by atoms with Gasteiger partial charge in [-0.25, -0.2) is 0 Å². The quantitative estimate of drug-likeness (QED) is 0.492. The van der Waals surface area contributed by atoms with Gasteiger partial charge < -0.3 is 25.3 Å². The van der Waals surface area contributed by atoms with Crippen LogP contribution in [0.25, 0.3) is 0 Å². The monoisotopic (exact) mass is 234 g/mol. The number of nitrogens with two attached hydrogens (primary N) is 1. The first kappa shape index (κ1) is 15.8. The molecule has 0 fully saturated rings. The highest BCUT2D eigenvalue weighted by Gasteiger charge is 2.07. The molecule has 0 aromatic heterocycles. The zero-order valence-electron chi connectivity index (χ0n) is 10.7. The molecule has 5 nitrogen and oxygen atoms in total. The smallest absolute Gasteiger partial charge is 0.0928 e. The number of hydrogen-bond donors (Lipinski definition) is 2. The molecule has 98 valence electrons. The van der Waals surface area contributed by atoms with Gasteiger partial charge in [-0.3, -0.25) is 0 Å². The summed E-state index contributed by atoms with van der Waals surface area (Å²) in [5.41, 5.74) is 5.93. The molecule has 3 N–H and O–H groups in total. The molecule has 0 radical (unpaired) electrons. The van der Waals surface area contributed by atoms with Crippen molar-refractivity contribution < 1.29 is 14.2 Å². The molecule has 0 amide bonds. The van der Waals surface area contributed by atoms with Crippen LogP contribution in [0.2, 0.25) is 0 Å². The van der Waals surface area contributed by atoms with Crippen LogP contribution in [0.4, 0.5) is 0 Å². The van der Waals surface area contributed by atoms with E-state index in [1.54, 1.807) is 21.3 Å². The van der Waals surface area contributed by atoms with E-state index in [-0.39, 0.29) is 12.1 Å². The van der Waals surface area contributed by atoms with Crippen molar-refractivity contribution in [1.82, 2.24) is 5.32 Å². The number of methoxy groups -OCH3 is 3. The van der Waals surface area contributed by atoms with Crippen molar-refractivity contribution in [3.63, 3.8) is 0 Å². The zero-order valence-corrected chi connectivity index (χ0v) is 10.7. The van der Waals surface area contributed by atoms with Crippen molar-refractivity contribution in [2.24, 2.45) is 5.73 Å². The van der Waals surface area contributed by atoms with Crippen LogP contribution in [-0.2, 0) is 14.2 Å².